The normalized spacial score (nSPS) is 10.7. The zero-order valence-electron chi connectivity index (χ0n) is 13.4. The molecule has 1 amide bonds. The Kier molecular flexibility index (Phi) is 5.71. The van der Waals surface area contributed by atoms with Gasteiger partial charge in [-0.1, -0.05) is 59.1 Å². The summed E-state index contributed by atoms with van der Waals surface area (Å²) in [7, 11) is 0. The number of hydrogen-bond donors (Lipinski definition) is 2. The molecule has 8 heteroatoms. The topological polar surface area (TPSA) is 67.2 Å². The lowest BCUT2D eigenvalue weighted by molar-refractivity contribution is 0.0948. The van der Waals surface area contributed by atoms with Gasteiger partial charge in [0.1, 0.15) is 11.3 Å². The summed E-state index contributed by atoms with van der Waals surface area (Å²) in [5, 5.41) is 17.0. The van der Waals surface area contributed by atoms with E-state index in [0.29, 0.717) is 6.54 Å². The Morgan fingerprint density at radius 3 is 2.54 bits per heavy atom. The average Bonchev–Trinajstić information content (AvgIpc) is 3.12. The lowest BCUT2D eigenvalue weighted by Crippen LogP contribution is -2.24. The van der Waals surface area contributed by atoms with Crippen LogP contribution in [0.1, 0.15) is 21.5 Å². The predicted molar refractivity (Wildman–Crippen MR) is 102 cm³/mol. The number of phenols is 1. The Hall–Kier alpha value is -2.21. The third-order valence-corrected chi connectivity index (χ3v) is 4.90. The van der Waals surface area contributed by atoms with Crippen LogP contribution < -0.4 is 5.32 Å². The minimum atomic E-state index is -0.564. The van der Waals surface area contributed by atoms with Crippen LogP contribution in [0.4, 0.5) is 0 Å². The molecule has 1 aromatic heterocycles. The highest BCUT2D eigenvalue weighted by Gasteiger charge is 2.21. The molecule has 1 heterocycles. The van der Waals surface area contributed by atoms with Gasteiger partial charge < -0.3 is 10.4 Å². The Bertz CT molecular complexity index is 917. The van der Waals surface area contributed by atoms with Crippen molar-refractivity contribution >= 4 is 40.7 Å². The van der Waals surface area contributed by atoms with E-state index in [1.54, 1.807) is 10.9 Å². The number of benzene rings is 2. The number of hydrogen-bond acceptors (Lipinski definition) is 3. The van der Waals surface area contributed by atoms with Gasteiger partial charge in [-0.3, -0.25) is 9.48 Å². The van der Waals surface area contributed by atoms with Gasteiger partial charge in [-0.2, -0.15) is 5.10 Å². The second-order valence-corrected chi connectivity index (χ2v) is 6.73. The molecule has 0 aliphatic carbocycles. The summed E-state index contributed by atoms with van der Waals surface area (Å²) in [5.41, 5.74) is 1.78. The van der Waals surface area contributed by atoms with Crippen LogP contribution in [0, 0.1) is 0 Å². The summed E-state index contributed by atoms with van der Waals surface area (Å²) in [6, 6.07) is 10.8. The Labute approximate surface area is 165 Å². The first-order valence-corrected chi connectivity index (χ1v) is 8.79. The molecular weight excluding hydrogens is 397 g/mol. The summed E-state index contributed by atoms with van der Waals surface area (Å²) >= 11 is 17.9. The van der Waals surface area contributed by atoms with Crippen LogP contribution in [0.5, 0.6) is 5.75 Å². The lowest BCUT2D eigenvalue weighted by Gasteiger charge is -2.13. The van der Waals surface area contributed by atoms with E-state index in [0.717, 1.165) is 11.1 Å². The van der Waals surface area contributed by atoms with Gasteiger partial charge in [0, 0.05) is 18.9 Å². The van der Waals surface area contributed by atoms with Crippen LogP contribution in [0.3, 0.4) is 0 Å². The zero-order chi connectivity index (χ0) is 18.7. The van der Waals surface area contributed by atoms with Crippen molar-refractivity contribution in [3.8, 4) is 5.75 Å². The molecule has 0 fully saturated rings. The van der Waals surface area contributed by atoms with Crippen LogP contribution >= 0.6 is 34.8 Å². The van der Waals surface area contributed by atoms with Crippen LogP contribution in [0.15, 0.2) is 48.8 Å². The minimum Gasteiger partial charge on any atom is -0.505 e. The van der Waals surface area contributed by atoms with Crippen LogP contribution in [0.2, 0.25) is 15.1 Å². The quantitative estimate of drug-likeness (QED) is 0.607. The number of amides is 1. The highest BCUT2D eigenvalue weighted by Crippen LogP contribution is 2.38. The van der Waals surface area contributed by atoms with Crippen molar-refractivity contribution in [1.82, 2.24) is 15.1 Å². The molecule has 0 saturated carbocycles. The lowest BCUT2D eigenvalue weighted by atomic mass is 10.1. The van der Waals surface area contributed by atoms with Crippen molar-refractivity contribution in [2.24, 2.45) is 0 Å². The molecule has 3 aromatic rings. The number of halogens is 3. The second kappa shape index (κ2) is 7.99. The van der Waals surface area contributed by atoms with Gasteiger partial charge in [-0.15, -0.1) is 0 Å². The second-order valence-electron chi connectivity index (χ2n) is 5.53. The Balaban J connectivity index is 1.79. The maximum absolute atomic E-state index is 12.5. The summed E-state index contributed by atoms with van der Waals surface area (Å²) < 4.78 is 1.79. The van der Waals surface area contributed by atoms with E-state index in [4.69, 9.17) is 34.8 Å². The number of nitrogens with one attached hydrogen (secondary N) is 1. The number of phenolic OH excluding ortho intramolecular Hbond substituents is 1. The third kappa shape index (κ3) is 3.96. The molecule has 26 heavy (non-hydrogen) atoms. The molecule has 2 aromatic carbocycles. The number of carbonyl (C=O) groups is 1. The van der Waals surface area contributed by atoms with Gasteiger partial charge >= 0.3 is 0 Å². The molecule has 5 nitrogen and oxygen atoms in total. The summed E-state index contributed by atoms with van der Waals surface area (Å²) in [6.45, 7) is 0.824. The molecule has 134 valence electrons. The Morgan fingerprint density at radius 1 is 1.12 bits per heavy atom. The maximum Gasteiger partial charge on any atom is 0.256 e. The monoisotopic (exact) mass is 409 g/mol. The number of rotatable bonds is 5. The van der Waals surface area contributed by atoms with Crippen LogP contribution in [-0.2, 0) is 13.1 Å². The van der Waals surface area contributed by atoms with Gasteiger partial charge in [0.15, 0.2) is 0 Å². The molecule has 0 radical (unpaired) electrons. The predicted octanol–water partition coefficient (Wildman–Crippen LogP) is 4.53. The Morgan fingerprint density at radius 2 is 1.85 bits per heavy atom. The molecule has 2 N–H and O–H groups in total. The van der Waals surface area contributed by atoms with E-state index in [9.17, 15) is 9.90 Å². The molecule has 0 aliphatic rings. The highest BCUT2D eigenvalue weighted by atomic mass is 35.5. The standard InChI is InChI=1S/C18H14Cl3N3O2/c19-13-8-14(20)17(25)15(16(13)21)18(26)22-9-11-4-1-2-5-12(11)10-24-7-3-6-23-24/h1-8,25H,9-10H2,(H,22,26). The largest absolute Gasteiger partial charge is 0.505 e. The fraction of sp³-hybridized carbons (Fsp3) is 0.111. The number of aromatic nitrogens is 2. The molecular formula is C18H14Cl3N3O2. The molecule has 0 unspecified atom stereocenters. The van der Waals surface area contributed by atoms with Gasteiger partial charge in [0.2, 0.25) is 0 Å². The van der Waals surface area contributed by atoms with Gasteiger partial charge in [0.25, 0.3) is 5.91 Å². The van der Waals surface area contributed by atoms with E-state index < -0.39 is 11.7 Å². The molecule has 0 saturated heterocycles. The smallest absolute Gasteiger partial charge is 0.256 e. The molecule has 0 bridgehead atoms. The average molecular weight is 411 g/mol. The van der Waals surface area contributed by atoms with E-state index in [2.05, 4.69) is 10.4 Å². The van der Waals surface area contributed by atoms with Crippen LogP contribution in [-0.4, -0.2) is 20.8 Å². The van der Waals surface area contributed by atoms with E-state index in [1.165, 1.54) is 6.07 Å². The molecule has 0 atom stereocenters. The number of nitrogens with zero attached hydrogens (tertiary/aromatic N) is 2. The van der Waals surface area contributed by atoms with Crippen molar-refractivity contribution in [2.75, 3.05) is 0 Å². The summed E-state index contributed by atoms with van der Waals surface area (Å²) in [6.07, 6.45) is 3.57. The van der Waals surface area contributed by atoms with E-state index in [-0.39, 0.29) is 27.2 Å². The fourth-order valence-corrected chi connectivity index (χ4v) is 3.20. The fourth-order valence-electron chi connectivity index (χ4n) is 2.51. The van der Waals surface area contributed by atoms with Gasteiger partial charge in [-0.25, -0.2) is 0 Å². The van der Waals surface area contributed by atoms with Gasteiger partial charge in [-0.05, 0) is 23.3 Å². The highest BCUT2D eigenvalue weighted by molar-refractivity contribution is 6.45. The third-order valence-electron chi connectivity index (χ3n) is 3.82. The summed E-state index contributed by atoms with van der Waals surface area (Å²) in [4.78, 5) is 12.5. The SMILES string of the molecule is O=C(NCc1ccccc1Cn1cccn1)c1c(O)c(Cl)cc(Cl)c1Cl. The van der Waals surface area contributed by atoms with Crippen molar-refractivity contribution < 1.29 is 9.90 Å². The molecule has 0 aliphatic heterocycles. The van der Waals surface area contributed by atoms with Crippen molar-refractivity contribution in [3.05, 3.63) is 80.6 Å². The van der Waals surface area contributed by atoms with Crippen LogP contribution in [0.25, 0.3) is 0 Å². The van der Waals surface area contributed by atoms with Gasteiger partial charge in [0.05, 0.1) is 21.6 Å². The van der Waals surface area contributed by atoms with Crippen molar-refractivity contribution in [3.63, 3.8) is 0 Å². The molecule has 3 rings (SSSR count). The first-order valence-electron chi connectivity index (χ1n) is 7.66. The van der Waals surface area contributed by atoms with E-state index >= 15 is 0 Å². The number of carbonyl (C=O) groups excluding carboxylic acids is 1. The zero-order valence-corrected chi connectivity index (χ0v) is 15.7. The number of aromatic hydroxyl groups is 1. The van der Waals surface area contributed by atoms with E-state index in [1.807, 2.05) is 36.5 Å². The first kappa shape index (κ1) is 18.6. The van der Waals surface area contributed by atoms with Crippen molar-refractivity contribution in [2.45, 2.75) is 13.1 Å². The summed E-state index contributed by atoms with van der Waals surface area (Å²) in [5.74, 6) is -0.964. The minimum absolute atomic E-state index is 0.0383. The van der Waals surface area contributed by atoms with Crippen molar-refractivity contribution in [1.29, 1.82) is 0 Å². The maximum atomic E-state index is 12.5. The first-order chi connectivity index (χ1) is 12.5. The molecule has 0 spiro atoms.